The van der Waals surface area contributed by atoms with Crippen LogP contribution in [0.25, 0.3) is 11.1 Å². The van der Waals surface area contributed by atoms with E-state index in [0.29, 0.717) is 0 Å². The van der Waals surface area contributed by atoms with Gasteiger partial charge < -0.3 is 14.6 Å². The van der Waals surface area contributed by atoms with Gasteiger partial charge in [-0.15, -0.1) is 0 Å². The summed E-state index contributed by atoms with van der Waals surface area (Å²) in [5.74, 6) is 1.75. The molecule has 0 saturated carbocycles. The van der Waals surface area contributed by atoms with Gasteiger partial charge in [0.05, 0.1) is 0 Å². The summed E-state index contributed by atoms with van der Waals surface area (Å²) in [5.41, 5.74) is 2.02. The Bertz CT molecular complexity index is 564. The maximum absolute atomic E-state index is 9.27. The summed E-state index contributed by atoms with van der Waals surface area (Å²) in [6, 6.07) is 10.9. The topological polar surface area (TPSA) is 38.7 Å². The molecule has 3 nitrogen and oxygen atoms in total. The number of benzene rings is 2. The van der Waals surface area contributed by atoms with Gasteiger partial charge in [-0.2, -0.15) is 0 Å². The van der Waals surface area contributed by atoms with E-state index in [2.05, 4.69) is 15.9 Å². The van der Waals surface area contributed by atoms with Gasteiger partial charge in [-0.25, -0.2) is 0 Å². The van der Waals surface area contributed by atoms with E-state index in [1.807, 2.05) is 24.3 Å². The van der Waals surface area contributed by atoms with E-state index in [-0.39, 0.29) is 12.5 Å². The van der Waals surface area contributed by atoms with Crippen LogP contribution >= 0.6 is 15.9 Å². The molecule has 86 valence electrons. The zero-order chi connectivity index (χ0) is 11.8. The summed E-state index contributed by atoms with van der Waals surface area (Å²) in [6.07, 6.45) is 0. The third-order valence-corrected chi connectivity index (χ3v) is 3.30. The van der Waals surface area contributed by atoms with E-state index in [1.165, 1.54) is 0 Å². The van der Waals surface area contributed by atoms with Gasteiger partial charge in [-0.05, 0) is 35.4 Å². The molecule has 0 aliphatic carbocycles. The Morgan fingerprint density at radius 2 is 1.65 bits per heavy atom. The van der Waals surface area contributed by atoms with E-state index >= 15 is 0 Å². The largest absolute Gasteiger partial charge is 0.508 e. The molecule has 2 aromatic rings. The predicted molar refractivity (Wildman–Crippen MR) is 67.4 cm³/mol. The molecule has 1 N–H and O–H groups in total. The Labute approximate surface area is 107 Å². The lowest BCUT2D eigenvalue weighted by Crippen LogP contribution is -1.92. The average Bonchev–Trinajstić information content (AvgIpc) is 2.76. The SMILES string of the molecule is Oc1ccc(-c2cc3c(cc2Br)OCO3)cc1. The van der Waals surface area contributed by atoms with Crippen LogP contribution in [0.1, 0.15) is 0 Å². The van der Waals surface area contributed by atoms with Crippen molar-refractivity contribution < 1.29 is 14.6 Å². The van der Waals surface area contributed by atoms with Gasteiger partial charge in [0.2, 0.25) is 6.79 Å². The van der Waals surface area contributed by atoms with Crippen molar-refractivity contribution in [1.29, 1.82) is 0 Å². The lowest BCUT2D eigenvalue weighted by Gasteiger charge is -2.06. The van der Waals surface area contributed by atoms with E-state index in [9.17, 15) is 5.11 Å². The van der Waals surface area contributed by atoms with Crippen molar-refractivity contribution in [2.45, 2.75) is 0 Å². The maximum Gasteiger partial charge on any atom is 0.231 e. The molecular formula is C13H9BrO3. The molecule has 1 aliphatic rings. The van der Waals surface area contributed by atoms with Crippen LogP contribution in [-0.4, -0.2) is 11.9 Å². The fourth-order valence-electron chi connectivity index (χ4n) is 1.78. The molecule has 0 spiro atoms. The molecule has 0 bridgehead atoms. The molecule has 0 atom stereocenters. The molecule has 0 unspecified atom stereocenters. The van der Waals surface area contributed by atoms with Crippen molar-refractivity contribution in [3.05, 3.63) is 40.9 Å². The Kier molecular flexibility index (Phi) is 2.44. The molecule has 4 heteroatoms. The number of phenols is 1. The van der Waals surface area contributed by atoms with E-state index in [1.54, 1.807) is 12.1 Å². The molecule has 0 amide bonds. The van der Waals surface area contributed by atoms with E-state index in [4.69, 9.17) is 9.47 Å². The molecule has 1 heterocycles. The molecule has 0 radical (unpaired) electrons. The number of hydrogen-bond donors (Lipinski definition) is 1. The highest BCUT2D eigenvalue weighted by Crippen LogP contribution is 2.41. The van der Waals surface area contributed by atoms with Gasteiger partial charge in [-0.3, -0.25) is 0 Å². The average molecular weight is 293 g/mol. The number of ether oxygens (including phenoxy) is 2. The molecular weight excluding hydrogens is 284 g/mol. The predicted octanol–water partition coefficient (Wildman–Crippen LogP) is 3.55. The molecule has 1 aliphatic heterocycles. The quantitative estimate of drug-likeness (QED) is 0.874. The zero-order valence-corrected chi connectivity index (χ0v) is 10.4. The van der Waals surface area contributed by atoms with Crippen LogP contribution in [0.3, 0.4) is 0 Å². The second-order valence-electron chi connectivity index (χ2n) is 3.73. The van der Waals surface area contributed by atoms with Crippen molar-refractivity contribution in [1.82, 2.24) is 0 Å². The minimum atomic E-state index is 0.255. The number of aromatic hydroxyl groups is 1. The molecule has 2 aromatic carbocycles. The molecule has 0 fully saturated rings. The van der Waals surface area contributed by atoms with Crippen LogP contribution in [-0.2, 0) is 0 Å². The smallest absolute Gasteiger partial charge is 0.231 e. The summed E-state index contributed by atoms with van der Waals surface area (Å²) in [6.45, 7) is 0.265. The van der Waals surface area contributed by atoms with Crippen LogP contribution in [0, 0.1) is 0 Å². The van der Waals surface area contributed by atoms with Crippen molar-refractivity contribution in [3.8, 4) is 28.4 Å². The first-order chi connectivity index (χ1) is 8.24. The first-order valence-corrected chi connectivity index (χ1v) is 5.92. The third-order valence-electron chi connectivity index (χ3n) is 2.64. The Morgan fingerprint density at radius 1 is 1.00 bits per heavy atom. The van der Waals surface area contributed by atoms with E-state index < -0.39 is 0 Å². The summed E-state index contributed by atoms with van der Waals surface area (Å²) in [4.78, 5) is 0. The van der Waals surface area contributed by atoms with Gasteiger partial charge >= 0.3 is 0 Å². The van der Waals surface area contributed by atoms with E-state index in [0.717, 1.165) is 27.1 Å². The van der Waals surface area contributed by atoms with Crippen LogP contribution in [0.15, 0.2) is 40.9 Å². The molecule has 0 saturated heterocycles. The number of phenolic OH excluding ortho intramolecular Hbond substituents is 1. The standard InChI is InChI=1S/C13H9BrO3/c14-11-6-13-12(16-7-17-13)5-10(11)8-1-3-9(15)4-2-8/h1-6,15H,7H2. The fourth-order valence-corrected chi connectivity index (χ4v) is 2.33. The summed E-state index contributed by atoms with van der Waals surface area (Å²) < 4.78 is 11.6. The van der Waals surface area contributed by atoms with Gasteiger partial charge in [0, 0.05) is 4.47 Å². The summed E-state index contributed by atoms with van der Waals surface area (Å²) in [5, 5.41) is 9.27. The number of halogens is 1. The third kappa shape index (κ3) is 1.85. The molecule has 0 aromatic heterocycles. The summed E-state index contributed by atoms with van der Waals surface area (Å²) >= 11 is 3.51. The molecule has 17 heavy (non-hydrogen) atoms. The Hall–Kier alpha value is -1.68. The van der Waals surface area contributed by atoms with Crippen LogP contribution in [0.2, 0.25) is 0 Å². The van der Waals surface area contributed by atoms with Crippen molar-refractivity contribution in [2.75, 3.05) is 6.79 Å². The second kappa shape index (κ2) is 3.96. The highest BCUT2D eigenvalue weighted by Gasteiger charge is 2.16. The second-order valence-corrected chi connectivity index (χ2v) is 4.59. The minimum Gasteiger partial charge on any atom is -0.508 e. The first-order valence-electron chi connectivity index (χ1n) is 5.12. The summed E-state index contributed by atoms with van der Waals surface area (Å²) in [7, 11) is 0. The lowest BCUT2D eigenvalue weighted by atomic mass is 10.1. The van der Waals surface area contributed by atoms with Crippen molar-refractivity contribution >= 4 is 15.9 Å². The van der Waals surface area contributed by atoms with Crippen LogP contribution in [0.5, 0.6) is 17.2 Å². The maximum atomic E-state index is 9.27. The highest BCUT2D eigenvalue weighted by atomic mass is 79.9. The number of hydrogen-bond acceptors (Lipinski definition) is 3. The van der Waals surface area contributed by atoms with Crippen molar-refractivity contribution in [3.63, 3.8) is 0 Å². The number of rotatable bonds is 1. The van der Waals surface area contributed by atoms with Gasteiger partial charge in [0.15, 0.2) is 11.5 Å². The molecule has 3 rings (SSSR count). The highest BCUT2D eigenvalue weighted by molar-refractivity contribution is 9.10. The van der Waals surface area contributed by atoms with Gasteiger partial charge in [-0.1, -0.05) is 28.1 Å². The minimum absolute atomic E-state index is 0.255. The Morgan fingerprint density at radius 3 is 2.35 bits per heavy atom. The van der Waals surface area contributed by atoms with Gasteiger partial charge in [0.1, 0.15) is 5.75 Å². The van der Waals surface area contributed by atoms with Crippen LogP contribution < -0.4 is 9.47 Å². The Balaban J connectivity index is 2.11. The first kappa shape index (κ1) is 10.5. The van der Waals surface area contributed by atoms with Gasteiger partial charge in [0.25, 0.3) is 0 Å². The van der Waals surface area contributed by atoms with Crippen LogP contribution in [0.4, 0.5) is 0 Å². The normalized spacial score (nSPS) is 12.8. The zero-order valence-electron chi connectivity index (χ0n) is 8.81. The van der Waals surface area contributed by atoms with Crippen molar-refractivity contribution in [2.24, 2.45) is 0 Å². The lowest BCUT2D eigenvalue weighted by molar-refractivity contribution is 0.174. The monoisotopic (exact) mass is 292 g/mol. The fraction of sp³-hybridized carbons (Fsp3) is 0.0769. The number of fused-ring (bicyclic) bond motifs is 1.